The van der Waals surface area contributed by atoms with Crippen molar-refractivity contribution in [2.45, 2.75) is 13.3 Å². The van der Waals surface area contributed by atoms with Crippen molar-refractivity contribution >= 4 is 33.7 Å². The van der Waals surface area contributed by atoms with E-state index in [2.05, 4.69) is 39.4 Å². The Labute approximate surface area is 216 Å². The second-order valence-electron chi connectivity index (χ2n) is 8.81. The molecule has 0 spiro atoms. The van der Waals surface area contributed by atoms with E-state index in [1.807, 2.05) is 24.4 Å². The summed E-state index contributed by atoms with van der Waals surface area (Å²) in [4.78, 5) is 15.2. The summed E-state index contributed by atoms with van der Waals surface area (Å²) in [6, 6.07) is 6.00. The van der Waals surface area contributed by atoms with Crippen molar-refractivity contribution in [3.8, 4) is 22.6 Å². The molecule has 0 unspecified atom stereocenters. The molecular formula is C26H35N7O2S. The van der Waals surface area contributed by atoms with Crippen LogP contribution in [0.5, 0.6) is 11.5 Å². The van der Waals surface area contributed by atoms with Gasteiger partial charge in [0.15, 0.2) is 0 Å². The topological polar surface area (TPSA) is 98.6 Å². The normalized spacial score (nSPS) is 15.2. The summed E-state index contributed by atoms with van der Waals surface area (Å²) >= 11 is 1.65. The zero-order valence-electron chi connectivity index (χ0n) is 21.4. The monoisotopic (exact) mass is 509 g/mol. The van der Waals surface area contributed by atoms with Crippen molar-refractivity contribution < 1.29 is 9.47 Å². The van der Waals surface area contributed by atoms with Crippen molar-refractivity contribution in [2.75, 3.05) is 65.9 Å². The van der Waals surface area contributed by atoms with Gasteiger partial charge in [0.2, 0.25) is 5.95 Å². The first-order valence-electron chi connectivity index (χ1n) is 12.2. The molecule has 3 aromatic rings. The average Bonchev–Trinajstić information content (AvgIpc) is 3.22. The highest BCUT2D eigenvalue weighted by molar-refractivity contribution is 7.19. The number of aromatic nitrogens is 2. The maximum absolute atomic E-state index is 7.57. The number of anilines is 1. The van der Waals surface area contributed by atoms with E-state index in [0.717, 1.165) is 76.9 Å². The van der Waals surface area contributed by atoms with E-state index in [0.29, 0.717) is 18.3 Å². The number of ether oxygens (including phenoxy) is 2. The molecule has 0 radical (unpaired) electrons. The fraction of sp³-hybridized carbons (Fsp3) is 0.423. The number of hydrogen-bond acceptors (Lipinski definition) is 10. The summed E-state index contributed by atoms with van der Waals surface area (Å²) in [6.07, 6.45) is 5.72. The van der Waals surface area contributed by atoms with Crippen molar-refractivity contribution in [3.05, 3.63) is 41.2 Å². The third kappa shape index (κ3) is 6.13. The third-order valence-corrected chi connectivity index (χ3v) is 7.27. The van der Waals surface area contributed by atoms with Crippen LogP contribution >= 0.6 is 11.3 Å². The molecular weight excluding hydrogens is 474 g/mol. The molecule has 0 amide bonds. The van der Waals surface area contributed by atoms with E-state index < -0.39 is 0 Å². The van der Waals surface area contributed by atoms with Crippen molar-refractivity contribution in [1.29, 1.82) is 5.41 Å². The van der Waals surface area contributed by atoms with Crippen LogP contribution < -0.4 is 20.1 Å². The van der Waals surface area contributed by atoms with Gasteiger partial charge in [-0.15, -0.1) is 11.3 Å². The Hall–Kier alpha value is -3.21. The molecule has 1 saturated heterocycles. The van der Waals surface area contributed by atoms with Gasteiger partial charge in [-0.1, -0.05) is 0 Å². The first kappa shape index (κ1) is 25.9. The van der Waals surface area contributed by atoms with Crippen LogP contribution in [0.15, 0.2) is 36.3 Å². The molecule has 1 aromatic carbocycles. The van der Waals surface area contributed by atoms with Gasteiger partial charge in [0.1, 0.15) is 11.5 Å². The summed E-state index contributed by atoms with van der Waals surface area (Å²) in [5, 5.41) is 13.6. The highest BCUT2D eigenvalue weighted by atomic mass is 32.1. The minimum absolute atomic E-state index is 0.436. The highest BCUT2D eigenvalue weighted by Gasteiger charge is 2.18. The molecule has 10 heteroatoms. The Morgan fingerprint density at radius 3 is 2.78 bits per heavy atom. The van der Waals surface area contributed by atoms with Gasteiger partial charge in [-0.05, 0) is 32.5 Å². The zero-order chi connectivity index (χ0) is 25.5. The van der Waals surface area contributed by atoms with Crippen LogP contribution in [-0.4, -0.2) is 86.5 Å². The molecule has 0 atom stereocenters. The lowest BCUT2D eigenvalue weighted by molar-refractivity contribution is 0.145. The lowest BCUT2D eigenvalue weighted by Crippen LogP contribution is -2.44. The van der Waals surface area contributed by atoms with Crippen LogP contribution in [0.2, 0.25) is 0 Å². The second-order valence-corrected chi connectivity index (χ2v) is 10.1. The van der Waals surface area contributed by atoms with Gasteiger partial charge in [-0.3, -0.25) is 0 Å². The van der Waals surface area contributed by atoms with Crippen molar-refractivity contribution in [2.24, 2.45) is 0 Å². The predicted molar refractivity (Wildman–Crippen MR) is 148 cm³/mol. The molecule has 1 fully saturated rings. The summed E-state index contributed by atoms with van der Waals surface area (Å²) < 4.78 is 12.8. The van der Waals surface area contributed by atoms with Gasteiger partial charge in [0.05, 0.1) is 35.8 Å². The molecule has 0 bridgehead atoms. The molecule has 192 valence electrons. The fourth-order valence-electron chi connectivity index (χ4n) is 4.30. The van der Waals surface area contributed by atoms with Gasteiger partial charge < -0.3 is 35.3 Å². The van der Waals surface area contributed by atoms with Crippen LogP contribution in [0.3, 0.4) is 0 Å². The van der Waals surface area contributed by atoms with Crippen LogP contribution in [0.25, 0.3) is 21.3 Å². The van der Waals surface area contributed by atoms with Crippen LogP contribution in [0, 0.1) is 12.3 Å². The number of thiophene rings is 1. The van der Waals surface area contributed by atoms with E-state index in [4.69, 9.17) is 19.9 Å². The number of piperazine rings is 1. The Balaban J connectivity index is 1.50. The quantitative estimate of drug-likeness (QED) is 0.265. The lowest BCUT2D eigenvalue weighted by Gasteiger charge is -2.32. The molecule has 1 aliphatic heterocycles. The molecule has 0 saturated carbocycles. The Kier molecular flexibility index (Phi) is 8.74. The number of nitrogens with one attached hydrogen (secondary N) is 3. The minimum Gasteiger partial charge on any atom is -0.496 e. The number of methoxy groups -OCH3 is 1. The SMILES string of the molecule is CN/C=C(\C=N)Nc1ncc2sc(C)c(-c3ccc(OCCCN4CCN(C)CC4)cc3OC)c2n1. The van der Waals surface area contributed by atoms with Crippen LogP contribution in [0.4, 0.5) is 5.95 Å². The molecule has 3 heterocycles. The smallest absolute Gasteiger partial charge is 0.227 e. The van der Waals surface area contributed by atoms with Gasteiger partial charge >= 0.3 is 0 Å². The van der Waals surface area contributed by atoms with E-state index in [1.165, 1.54) is 6.21 Å². The maximum Gasteiger partial charge on any atom is 0.227 e. The zero-order valence-corrected chi connectivity index (χ0v) is 22.2. The van der Waals surface area contributed by atoms with E-state index >= 15 is 0 Å². The summed E-state index contributed by atoms with van der Waals surface area (Å²) in [7, 11) is 5.64. The molecule has 36 heavy (non-hydrogen) atoms. The fourth-order valence-corrected chi connectivity index (χ4v) is 5.29. The molecule has 3 N–H and O–H groups in total. The molecule has 2 aromatic heterocycles. The first-order valence-corrected chi connectivity index (χ1v) is 13.0. The third-order valence-electron chi connectivity index (χ3n) is 6.24. The number of nitrogens with zero attached hydrogens (tertiary/aromatic N) is 4. The lowest BCUT2D eigenvalue weighted by atomic mass is 10.0. The van der Waals surface area contributed by atoms with Gasteiger partial charge in [-0.2, -0.15) is 0 Å². The number of aryl methyl sites for hydroxylation is 1. The summed E-state index contributed by atoms with van der Waals surface area (Å²) in [5.41, 5.74) is 3.40. The Morgan fingerprint density at radius 1 is 1.25 bits per heavy atom. The number of fused-ring (bicyclic) bond motifs is 1. The number of likely N-dealkylation sites (N-methyl/N-ethyl adjacent to an activating group) is 1. The van der Waals surface area contributed by atoms with E-state index in [9.17, 15) is 0 Å². The second kappa shape index (κ2) is 12.2. The number of allylic oxidation sites excluding steroid dienone is 1. The van der Waals surface area contributed by atoms with Gasteiger partial charge in [0.25, 0.3) is 0 Å². The molecule has 9 nitrogen and oxygen atoms in total. The maximum atomic E-state index is 7.57. The first-order chi connectivity index (χ1) is 17.5. The molecule has 1 aliphatic rings. The number of rotatable bonds is 11. The minimum atomic E-state index is 0.436. The molecule has 0 aliphatic carbocycles. The highest BCUT2D eigenvalue weighted by Crippen LogP contribution is 2.42. The Morgan fingerprint density at radius 2 is 2.06 bits per heavy atom. The average molecular weight is 510 g/mol. The standard InChI is InChI=1S/C26H35N7O2S/c1-18-24(25-23(36-18)17-29-26(31-25)30-19(15-27)16-28-2)21-7-6-20(14-22(21)34-4)35-13-5-8-33-11-9-32(3)10-12-33/h6-7,14-17,27-28H,5,8-13H2,1-4H3,(H,29,30,31)/b19-16+,27-15?. The Bertz CT molecular complexity index is 1220. The molecule has 4 rings (SSSR count). The van der Waals surface area contributed by atoms with E-state index in [1.54, 1.807) is 31.7 Å². The van der Waals surface area contributed by atoms with E-state index in [-0.39, 0.29) is 0 Å². The number of benzene rings is 1. The number of hydrogen-bond donors (Lipinski definition) is 3. The van der Waals surface area contributed by atoms with Crippen LogP contribution in [-0.2, 0) is 0 Å². The summed E-state index contributed by atoms with van der Waals surface area (Å²) in [5.74, 6) is 1.99. The van der Waals surface area contributed by atoms with Gasteiger partial charge in [0, 0.05) is 74.3 Å². The predicted octanol–water partition coefficient (Wildman–Crippen LogP) is 3.81. The van der Waals surface area contributed by atoms with Crippen molar-refractivity contribution in [3.63, 3.8) is 0 Å². The largest absolute Gasteiger partial charge is 0.496 e. The summed E-state index contributed by atoms with van der Waals surface area (Å²) in [6.45, 7) is 8.34. The van der Waals surface area contributed by atoms with Crippen LogP contribution in [0.1, 0.15) is 11.3 Å². The van der Waals surface area contributed by atoms with Crippen molar-refractivity contribution in [1.82, 2.24) is 25.1 Å². The van der Waals surface area contributed by atoms with Gasteiger partial charge in [-0.25, -0.2) is 9.97 Å².